The Balaban J connectivity index is 2.06. The number of rotatable bonds is 4. The van der Waals surface area contributed by atoms with Crippen LogP contribution >= 0.6 is 0 Å². The van der Waals surface area contributed by atoms with E-state index < -0.39 is 0 Å². The molecule has 3 N–H and O–H groups in total. The lowest BCUT2D eigenvalue weighted by molar-refractivity contribution is 0.0952. The highest BCUT2D eigenvalue weighted by molar-refractivity contribution is 5.96. The van der Waals surface area contributed by atoms with Gasteiger partial charge in [0.15, 0.2) is 0 Å². The van der Waals surface area contributed by atoms with Crippen molar-refractivity contribution in [2.75, 3.05) is 13.1 Å². The second-order valence-electron chi connectivity index (χ2n) is 5.04. The van der Waals surface area contributed by atoms with E-state index in [2.05, 4.69) is 17.2 Å². The van der Waals surface area contributed by atoms with Crippen molar-refractivity contribution in [1.82, 2.24) is 5.32 Å². The summed E-state index contributed by atoms with van der Waals surface area (Å²) in [5, 5.41) is 2.98. The Morgan fingerprint density at radius 3 is 2.95 bits per heavy atom. The number of nitrogens with one attached hydrogen (secondary N) is 1. The summed E-state index contributed by atoms with van der Waals surface area (Å²) in [5.74, 6) is 6.55. The molecule has 1 aromatic carbocycles. The monoisotopic (exact) mass is 256 g/mol. The first-order valence-electron chi connectivity index (χ1n) is 6.78. The molecule has 1 fully saturated rings. The number of carbonyl (C=O) groups is 1. The summed E-state index contributed by atoms with van der Waals surface area (Å²) in [5.41, 5.74) is 7.84. The predicted molar refractivity (Wildman–Crippen MR) is 76.8 cm³/mol. The standard InChI is InChI=1S/C16H20N2O/c1-12-4-7-14(3-2-9-17)15(11-12)16(19)18-10-8-13-5-6-13/h4,7,11,13H,5-6,8-10,17H2,1H3,(H,18,19). The van der Waals surface area contributed by atoms with Crippen LogP contribution in [0.15, 0.2) is 18.2 Å². The van der Waals surface area contributed by atoms with Crippen LogP contribution in [0.2, 0.25) is 0 Å². The molecule has 1 aromatic rings. The quantitative estimate of drug-likeness (QED) is 0.808. The Morgan fingerprint density at radius 2 is 2.26 bits per heavy atom. The molecule has 3 nitrogen and oxygen atoms in total. The molecule has 0 bridgehead atoms. The first-order chi connectivity index (χ1) is 9.20. The van der Waals surface area contributed by atoms with Crippen LogP contribution in [0.25, 0.3) is 0 Å². The normalized spacial score (nSPS) is 13.6. The van der Waals surface area contributed by atoms with Crippen molar-refractivity contribution in [3.63, 3.8) is 0 Å². The van der Waals surface area contributed by atoms with Crippen LogP contribution in [-0.4, -0.2) is 19.0 Å². The van der Waals surface area contributed by atoms with E-state index in [0.29, 0.717) is 12.1 Å². The average Bonchev–Trinajstić information content (AvgIpc) is 3.21. The summed E-state index contributed by atoms with van der Waals surface area (Å²) in [4.78, 5) is 12.2. The molecule has 0 aliphatic heterocycles. The lowest BCUT2D eigenvalue weighted by Crippen LogP contribution is -2.25. The van der Waals surface area contributed by atoms with Crippen LogP contribution in [0.5, 0.6) is 0 Å². The molecule has 100 valence electrons. The summed E-state index contributed by atoms with van der Waals surface area (Å²) >= 11 is 0. The third-order valence-corrected chi connectivity index (χ3v) is 3.28. The Kier molecular flexibility index (Phi) is 4.59. The maximum absolute atomic E-state index is 12.2. The van der Waals surface area contributed by atoms with Crippen molar-refractivity contribution >= 4 is 5.91 Å². The van der Waals surface area contributed by atoms with E-state index >= 15 is 0 Å². The molecule has 0 radical (unpaired) electrons. The smallest absolute Gasteiger partial charge is 0.252 e. The molecule has 0 atom stereocenters. The molecular formula is C16H20N2O. The third-order valence-electron chi connectivity index (χ3n) is 3.28. The van der Waals surface area contributed by atoms with Crippen molar-refractivity contribution < 1.29 is 4.79 Å². The summed E-state index contributed by atoms with van der Waals surface area (Å²) < 4.78 is 0. The van der Waals surface area contributed by atoms with Gasteiger partial charge in [0.2, 0.25) is 0 Å². The maximum atomic E-state index is 12.2. The molecule has 3 heteroatoms. The van der Waals surface area contributed by atoms with E-state index in [0.717, 1.165) is 30.0 Å². The highest BCUT2D eigenvalue weighted by atomic mass is 16.1. The van der Waals surface area contributed by atoms with E-state index in [4.69, 9.17) is 5.73 Å². The summed E-state index contributed by atoms with van der Waals surface area (Å²) in [6.07, 6.45) is 3.71. The van der Waals surface area contributed by atoms with Gasteiger partial charge in [-0.2, -0.15) is 0 Å². The molecule has 1 saturated carbocycles. The molecule has 0 aromatic heterocycles. The minimum Gasteiger partial charge on any atom is -0.352 e. The van der Waals surface area contributed by atoms with Crippen LogP contribution in [0.3, 0.4) is 0 Å². The van der Waals surface area contributed by atoms with Gasteiger partial charge in [0.1, 0.15) is 0 Å². The van der Waals surface area contributed by atoms with Crippen molar-refractivity contribution in [3.05, 3.63) is 34.9 Å². The predicted octanol–water partition coefficient (Wildman–Crippen LogP) is 1.84. The van der Waals surface area contributed by atoms with Gasteiger partial charge in [0, 0.05) is 12.1 Å². The zero-order chi connectivity index (χ0) is 13.7. The van der Waals surface area contributed by atoms with Gasteiger partial charge in [-0.1, -0.05) is 36.3 Å². The molecule has 0 saturated heterocycles. The third kappa shape index (κ3) is 4.11. The van der Waals surface area contributed by atoms with E-state index in [-0.39, 0.29) is 5.91 Å². The maximum Gasteiger partial charge on any atom is 0.252 e. The second-order valence-corrected chi connectivity index (χ2v) is 5.04. The number of carbonyl (C=O) groups excluding carboxylic acids is 1. The summed E-state index contributed by atoms with van der Waals surface area (Å²) in [6.45, 7) is 3.03. The van der Waals surface area contributed by atoms with Gasteiger partial charge in [-0.05, 0) is 31.4 Å². The van der Waals surface area contributed by atoms with Crippen molar-refractivity contribution in [1.29, 1.82) is 0 Å². The molecular weight excluding hydrogens is 236 g/mol. The SMILES string of the molecule is Cc1ccc(C#CCN)c(C(=O)NCCC2CC2)c1. The fraction of sp³-hybridized carbons (Fsp3) is 0.438. The van der Waals surface area contributed by atoms with Crippen molar-refractivity contribution in [3.8, 4) is 11.8 Å². The largest absolute Gasteiger partial charge is 0.352 e. The molecule has 0 heterocycles. The summed E-state index contributed by atoms with van der Waals surface area (Å²) in [7, 11) is 0. The van der Waals surface area contributed by atoms with Gasteiger partial charge in [-0.3, -0.25) is 4.79 Å². The molecule has 0 unspecified atom stereocenters. The lowest BCUT2D eigenvalue weighted by Gasteiger charge is -2.07. The van der Waals surface area contributed by atoms with E-state index in [1.165, 1.54) is 12.8 Å². The van der Waals surface area contributed by atoms with Gasteiger partial charge in [-0.15, -0.1) is 0 Å². The van der Waals surface area contributed by atoms with Crippen LogP contribution in [-0.2, 0) is 0 Å². The number of hydrogen-bond donors (Lipinski definition) is 2. The van der Waals surface area contributed by atoms with Crippen LogP contribution in [0.1, 0.15) is 40.7 Å². The topological polar surface area (TPSA) is 55.1 Å². The van der Waals surface area contributed by atoms with Crippen LogP contribution < -0.4 is 11.1 Å². The van der Waals surface area contributed by atoms with Crippen LogP contribution in [0.4, 0.5) is 0 Å². The Morgan fingerprint density at radius 1 is 1.47 bits per heavy atom. The van der Waals surface area contributed by atoms with Gasteiger partial charge in [-0.25, -0.2) is 0 Å². The Bertz CT molecular complexity index is 521. The van der Waals surface area contributed by atoms with E-state index in [1.807, 2.05) is 25.1 Å². The number of amides is 1. The number of nitrogens with two attached hydrogens (primary N) is 1. The lowest BCUT2D eigenvalue weighted by atomic mass is 10.0. The zero-order valence-electron chi connectivity index (χ0n) is 11.3. The Hall–Kier alpha value is -1.79. The molecule has 0 spiro atoms. The van der Waals surface area contributed by atoms with Crippen molar-refractivity contribution in [2.24, 2.45) is 11.7 Å². The second kappa shape index (κ2) is 6.40. The average molecular weight is 256 g/mol. The Labute approximate surface area is 114 Å². The van der Waals surface area contributed by atoms with Gasteiger partial charge in [0.25, 0.3) is 5.91 Å². The van der Waals surface area contributed by atoms with Crippen molar-refractivity contribution in [2.45, 2.75) is 26.2 Å². The molecule has 2 rings (SSSR count). The number of benzene rings is 1. The molecule has 1 aliphatic carbocycles. The van der Waals surface area contributed by atoms with Gasteiger partial charge in [0.05, 0.1) is 12.1 Å². The first kappa shape index (κ1) is 13.6. The molecule has 1 aliphatic rings. The minimum atomic E-state index is -0.0364. The minimum absolute atomic E-state index is 0.0364. The number of aryl methyl sites for hydroxylation is 1. The molecule has 1 amide bonds. The van der Waals surface area contributed by atoms with Crippen LogP contribution in [0, 0.1) is 24.7 Å². The molecule has 19 heavy (non-hydrogen) atoms. The summed E-state index contributed by atoms with van der Waals surface area (Å²) in [6, 6.07) is 5.72. The fourth-order valence-corrected chi connectivity index (χ4v) is 1.99. The highest BCUT2D eigenvalue weighted by Crippen LogP contribution is 2.31. The number of hydrogen-bond acceptors (Lipinski definition) is 2. The zero-order valence-corrected chi connectivity index (χ0v) is 11.3. The van der Waals surface area contributed by atoms with Gasteiger partial charge >= 0.3 is 0 Å². The first-order valence-corrected chi connectivity index (χ1v) is 6.78. The fourth-order valence-electron chi connectivity index (χ4n) is 1.99. The van der Waals surface area contributed by atoms with E-state index in [1.54, 1.807) is 0 Å². The van der Waals surface area contributed by atoms with E-state index in [9.17, 15) is 4.79 Å². The highest BCUT2D eigenvalue weighted by Gasteiger charge is 2.21. The van der Waals surface area contributed by atoms with Gasteiger partial charge < -0.3 is 11.1 Å².